The van der Waals surface area contributed by atoms with Crippen LogP contribution in [0.5, 0.6) is 0 Å². The van der Waals surface area contributed by atoms with Gasteiger partial charge in [0.25, 0.3) is 0 Å². The molecule has 1 aliphatic carbocycles. The molecule has 8 heteroatoms. The maximum atomic E-state index is 13.8. The van der Waals surface area contributed by atoms with E-state index < -0.39 is 11.4 Å². The molecule has 0 saturated heterocycles. The summed E-state index contributed by atoms with van der Waals surface area (Å²) in [6.45, 7) is 1.66. The zero-order valence-electron chi connectivity index (χ0n) is 10.8. The van der Waals surface area contributed by atoms with Gasteiger partial charge in [0.1, 0.15) is 11.5 Å². The quantitative estimate of drug-likeness (QED) is 0.852. The molecule has 3 rings (SSSR count). The predicted molar refractivity (Wildman–Crippen MR) is 68.6 cm³/mol. The highest BCUT2D eigenvalue weighted by Gasteiger charge is 2.45. The fourth-order valence-electron chi connectivity index (χ4n) is 1.82. The highest BCUT2D eigenvalue weighted by Crippen LogP contribution is 2.33. The van der Waals surface area contributed by atoms with Crippen molar-refractivity contribution in [2.45, 2.75) is 25.3 Å². The number of aromatic nitrogens is 4. The molecule has 104 valence electrons. The van der Waals surface area contributed by atoms with Crippen molar-refractivity contribution in [2.75, 3.05) is 5.32 Å². The number of carbonyl (C=O) groups is 1. The lowest BCUT2D eigenvalue weighted by Gasteiger charge is -2.11. The Kier molecular flexibility index (Phi) is 2.75. The molecule has 0 unspecified atom stereocenters. The molecule has 1 saturated carbocycles. The zero-order valence-corrected chi connectivity index (χ0v) is 10.8. The van der Waals surface area contributed by atoms with Crippen molar-refractivity contribution in [2.24, 2.45) is 5.73 Å². The number of anilines is 1. The lowest BCUT2D eigenvalue weighted by molar-refractivity contribution is -0.118. The number of rotatable bonds is 3. The van der Waals surface area contributed by atoms with Gasteiger partial charge in [-0.25, -0.2) is 4.39 Å². The van der Waals surface area contributed by atoms with Crippen LogP contribution in [-0.2, 0) is 4.79 Å². The van der Waals surface area contributed by atoms with E-state index >= 15 is 0 Å². The Morgan fingerprint density at radius 3 is 2.85 bits per heavy atom. The Labute approximate surface area is 114 Å². The van der Waals surface area contributed by atoms with Crippen molar-refractivity contribution in [3.63, 3.8) is 0 Å². The van der Waals surface area contributed by atoms with Crippen molar-refractivity contribution in [3.8, 4) is 5.69 Å². The summed E-state index contributed by atoms with van der Waals surface area (Å²) in [4.78, 5) is 11.9. The molecular formula is C12H13FN6O. The van der Waals surface area contributed by atoms with E-state index in [9.17, 15) is 9.18 Å². The number of carbonyl (C=O) groups excluding carboxylic acids is 1. The van der Waals surface area contributed by atoms with E-state index in [4.69, 9.17) is 5.73 Å². The van der Waals surface area contributed by atoms with Crippen LogP contribution < -0.4 is 11.1 Å². The third-order valence-corrected chi connectivity index (χ3v) is 3.30. The van der Waals surface area contributed by atoms with E-state index in [1.165, 1.54) is 22.9 Å². The van der Waals surface area contributed by atoms with E-state index in [1.807, 2.05) is 0 Å². The number of hydrogen-bond donors (Lipinski definition) is 2. The fraction of sp³-hybridized carbons (Fsp3) is 0.333. The highest BCUT2D eigenvalue weighted by atomic mass is 19.1. The predicted octanol–water partition coefficient (Wildman–Crippen LogP) is 0.540. The monoisotopic (exact) mass is 276 g/mol. The number of benzene rings is 1. The number of halogens is 1. The van der Waals surface area contributed by atoms with E-state index in [1.54, 1.807) is 6.92 Å². The van der Waals surface area contributed by atoms with Gasteiger partial charge in [-0.15, -0.1) is 5.10 Å². The smallest absolute Gasteiger partial charge is 0.244 e. The summed E-state index contributed by atoms with van der Waals surface area (Å²) in [5.41, 5.74) is 5.65. The lowest BCUT2D eigenvalue weighted by atomic mass is 10.2. The molecule has 1 aromatic heterocycles. The van der Waals surface area contributed by atoms with Gasteiger partial charge in [0, 0.05) is 5.69 Å². The summed E-state index contributed by atoms with van der Waals surface area (Å²) < 4.78 is 15.1. The second kappa shape index (κ2) is 4.34. The van der Waals surface area contributed by atoms with E-state index in [-0.39, 0.29) is 11.6 Å². The summed E-state index contributed by atoms with van der Waals surface area (Å²) in [7, 11) is 0. The molecule has 0 aliphatic heterocycles. The molecule has 1 aliphatic rings. The van der Waals surface area contributed by atoms with Crippen LogP contribution in [0.3, 0.4) is 0 Å². The second-order valence-corrected chi connectivity index (χ2v) is 4.91. The number of hydrogen-bond acceptors (Lipinski definition) is 5. The lowest BCUT2D eigenvalue weighted by Crippen LogP contribution is -2.37. The summed E-state index contributed by atoms with van der Waals surface area (Å²) in [5, 5.41) is 13.6. The first-order valence-electron chi connectivity index (χ1n) is 6.15. The fourth-order valence-corrected chi connectivity index (χ4v) is 1.82. The molecule has 0 bridgehead atoms. The van der Waals surface area contributed by atoms with Crippen LogP contribution in [0.2, 0.25) is 0 Å². The van der Waals surface area contributed by atoms with Gasteiger partial charge >= 0.3 is 0 Å². The topological polar surface area (TPSA) is 98.7 Å². The normalized spacial score (nSPS) is 15.9. The van der Waals surface area contributed by atoms with Crippen LogP contribution >= 0.6 is 0 Å². The minimum atomic E-state index is -0.778. The third-order valence-electron chi connectivity index (χ3n) is 3.30. The SMILES string of the molecule is Cc1nnnn1-c1cc(NC(=O)C2(N)CC2)ccc1F. The molecule has 1 amide bonds. The van der Waals surface area contributed by atoms with E-state index in [2.05, 4.69) is 20.8 Å². The summed E-state index contributed by atoms with van der Waals surface area (Å²) in [5.74, 6) is -0.291. The molecule has 1 fully saturated rings. The van der Waals surface area contributed by atoms with Gasteiger partial charge in [0.05, 0.1) is 5.54 Å². The Hall–Kier alpha value is -2.35. The highest BCUT2D eigenvalue weighted by molar-refractivity contribution is 6.00. The Balaban J connectivity index is 1.91. The molecule has 20 heavy (non-hydrogen) atoms. The summed E-state index contributed by atoms with van der Waals surface area (Å²) >= 11 is 0. The molecule has 1 aromatic carbocycles. The number of nitrogens with one attached hydrogen (secondary N) is 1. The number of nitrogens with zero attached hydrogens (tertiary/aromatic N) is 4. The average molecular weight is 276 g/mol. The number of amides is 1. The van der Waals surface area contributed by atoms with E-state index in [0.29, 0.717) is 24.4 Å². The first-order valence-corrected chi connectivity index (χ1v) is 6.15. The Morgan fingerprint density at radius 1 is 1.50 bits per heavy atom. The molecule has 0 radical (unpaired) electrons. The zero-order chi connectivity index (χ0) is 14.3. The van der Waals surface area contributed by atoms with Crippen LogP contribution in [0.15, 0.2) is 18.2 Å². The molecule has 1 heterocycles. The van der Waals surface area contributed by atoms with Gasteiger partial charge in [-0.2, -0.15) is 4.68 Å². The van der Waals surface area contributed by atoms with Crippen LogP contribution in [-0.4, -0.2) is 31.7 Å². The summed E-state index contributed by atoms with van der Waals surface area (Å²) in [6, 6.07) is 4.20. The molecule has 7 nitrogen and oxygen atoms in total. The minimum Gasteiger partial charge on any atom is -0.324 e. The van der Waals surface area contributed by atoms with Crippen LogP contribution in [0.1, 0.15) is 18.7 Å². The first-order chi connectivity index (χ1) is 9.49. The van der Waals surface area contributed by atoms with Gasteiger partial charge < -0.3 is 11.1 Å². The van der Waals surface area contributed by atoms with Crippen LogP contribution in [0, 0.1) is 12.7 Å². The number of aryl methyl sites for hydroxylation is 1. The maximum absolute atomic E-state index is 13.8. The van der Waals surface area contributed by atoms with Gasteiger partial charge in [-0.3, -0.25) is 4.79 Å². The second-order valence-electron chi connectivity index (χ2n) is 4.91. The Bertz CT molecular complexity index is 678. The molecule has 2 aromatic rings. The van der Waals surface area contributed by atoms with Crippen molar-refractivity contribution < 1.29 is 9.18 Å². The van der Waals surface area contributed by atoms with Gasteiger partial charge in [-0.05, 0) is 48.4 Å². The summed E-state index contributed by atoms with van der Waals surface area (Å²) in [6.07, 6.45) is 1.33. The molecular weight excluding hydrogens is 263 g/mol. The number of tetrazole rings is 1. The first kappa shape index (κ1) is 12.7. The molecule has 3 N–H and O–H groups in total. The van der Waals surface area contributed by atoms with Crippen molar-refractivity contribution in [1.82, 2.24) is 20.2 Å². The van der Waals surface area contributed by atoms with Crippen LogP contribution in [0.4, 0.5) is 10.1 Å². The van der Waals surface area contributed by atoms with Crippen LogP contribution in [0.25, 0.3) is 5.69 Å². The average Bonchev–Trinajstić information content (AvgIpc) is 3.03. The van der Waals surface area contributed by atoms with Crippen molar-refractivity contribution in [1.29, 1.82) is 0 Å². The standard InChI is InChI=1S/C12H13FN6O/c1-7-16-17-18-19(7)10-6-8(2-3-9(10)13)15-11(20)12(14)4-5-12/h2-3,6H,4-5,14H2,1H3,(H,15,20). The maximum Gasteiger partial charge on any atom is 0.244 e. The molecule has 0 atom stereocenters. The van der Waals surface area contributed by atoms with Gasteiger partial charge in [-0.1, -0.05) is 0 Å². The van der Waals surface area contributed by atoms with Gasteiger partial charge in [0.15, 0.2) is 5.82 Å². The van der Waals surface area contributed by atoms with E-state index in [0.717, 1.165) is 0 Å². The largest absolute Gasteiger partial charge is 0.324 e. The third kappa shape index (κ3) is 2.14. The molecule has 0 spiro atoms. The Morgan fingerprint density at radius 2 is 2.25 bits per heavy atom. The minimum absolute atomic E-state index is 0.173. The van der Waals surface area contributed by atoms with Crippen molar-refractivity contribution >= 4 is 11.6 Å². The van der Waals surface area contributed by atoms with Gasteiger partial charge in [0.2, 0.25) is 5.91 Å². The van der Waals surface area contributed by atoms with Crippen molar-refractivity contribution in [3.05, 3.63) is 29.8 Å². The number of nitrogens with two attached hydrogens (primary N) is 1.